The maximum absolute atomic E-state index is 11.7. The van der Waals surface area contributed by atoms with Gasteiger partial charge >= 0.3 is 12.0 Å². The molecule has 0 spiro atoms. The molecule has 0 fully saturated rings. The number of carboxylic acid groups (broad SMARTS) is 1. The topological polar surface area (TPSA) is 82.5 Å². The Kier molecular flexibility index (Phi) is 6.27. The lowest BCUT2D eigenvalue weighted by Crippen LogP contribution is -2.38. The van der Waals surface area contributed by atoms with Gasteiger partial charge in [0.1, 0.15) is 0 Å². The van der Waals surface area contributed by atoms with Crippen molar-refractivity contribution >= 4 is 23.3 Å². The Morgan fingerprint density at radius 2 is 2.26 bits per heavy atom. The zero-order valence-corrected chi connectivity index (χ0v) is 12.0. The largest absolute Gasteiger partial charge is 0.481 e. The molecule has 19 heavy (non-hydrogen) atoms. The third-order valence-electron chi connectivity index (χ3n) is 2.55. The Labute approximate surface area is 116 Å². The number of carbonyl (C=O) groups is 2. The standard InChI is InChI=1S/C12H19N3O3S/c1-9-14-10(8-19-9)5-6-13-12(18)15(2)7-3-4-11(16)17/h8H,3-7H2,1-2H3,(H,13,18)(H,16,17). The summed E-state index contributed by atoms with van der Waals surface area (Å²) >= 11 is 1.59. The fourth-order valence-corrected chi connectivity index (χ4v) is 2.17. The van der Waals surface area contributed by atoms with Crippen molar-refractivity contribution in [3.8, 4) is 0 Å². The van der Waals surface area contributed by atoms with E-state index in [2.05, 4.69) is 10.3 Å². The summed E-state index contributed by atoms with van der Waals surface area (Å²) in [4.78, 5) is 27.8. The van der Waals surface area contributed by atoms with Crippen LogP contribution in [0.3, 0.4) is 0 Å². The average Bonchev–Trinajstić information content (AvgIpc) is 2.74. The van der Waals surface area contributed by atoms with Crippen molar-refractivity contribution in [2.45, 2.75) is 26.2 Å². The summed E-state index contributed by atoms with van der Waals surface area (Å²) in [5.41, 5.74) is 0.983. The number of carbonyl (C=O) groups excluding carboxylic acids is 1. The number of aryl methyl sites for hydroxylation is 1. The van der Waals surface area contributed by atoms with Crippen LogP contribution in [0.4, 0.5) is 4.79 Å². The molecule has 0 aliphatic carbocycles. The van der Waals surface area contributed by atoms with Crippen molar-refractivity contribution in [1.82, 2.24) is 15.2 Å². The lowest BCUT2D eigenvalue weighted by atomic mass is 10.3. The highest BCUT2D eigenvalue weighted by Crippen LogP contribution is 2.07. The van der Waals surface area contributed by atoms with Gasteiger partial charge in [0.15, 0.2) is 0 Å². The first-order chi connectivity index (χ1) is 8.99. The molecule has 7 heteroatoms. The first-order valence-electron chi connectivity index (χ1n) is 6.11. The van der Waals surface area contributed by atoms with E-state index >= 15 is 0 Å². The Morgan fingerprint density at radius 3 is 2.84 bits per heavy atom. The summed E-state index contributed by atoms with van der Waals surface area (Å²) in [5.74, 6) is -0.840. The molecule has 2 amide bonds. The first-order valence-corrected chi connectivity index (χ1v) is 6.98. The number of hydrogen-bond acceptors (Lipinski definition) is 4. The van der Waals surface area contributed by atoms with E-state index in [0.29, 0.717) is 25.9 Å². The van der Waals surface area contributed by atoms with E-state index in [4.69, 9.17) is 5.11 Å². The summed E-state index contributed by atoms with van der Waals surface area (Å²) in [6.45, 7) is 2.92. The molecule has 2 N–H and O–H groups in total. The van der Waals surface area contributed by atoms with Gasteiger partial charge in [-0.3, -0.25) is 4.79 Å². The molecule has 0 saturated carbocycles. The van der Waals surface area contributed by atoms with Gasteiger partial charge in [0.2, 0.25) is 0 Å². The van der Waals surface area contributed by atoms with Crippen LogP contribution in [-0.4, -0.2) is 47.1 Å². The number of rotatable bonds is 7. The van der Waals surface area contributed by atoms with Gasteiger partial charge in [-0.15, -0.1) is 11.3 Å². The highest BCUT2D eigenvalue weighted by molar-refractivity contribution is 7.09. The molecular weight excluding hydrogens is 266 g/mol. The van der Waals surface area contributed by atoms with E-state index in [1.807, 2.05) is 12.3 Å². The minimum absolute atomic E-state index is 0.0791. The maximum Gasteiger partial charge on any atom is 0.317 e. The molecule has 0 aromatic carbocycles. The van der Waals surface area contributed by atoms with E-state index < -0.39 is 5.97 Å². The van der Waals surface area contributed by atoms with Crippen LogP contribution < -0.4 is 5.32 Å². The van der Waals surface area contributed by atoms with Crippen molar-refractivity contribution in [2.75, 3.05) is 20.1 Å². The van der Waals surface area contributed by atoms with E-state index in [9.17, 15) is 9.59 Å². The lowest BCUT2D eigenvalue weighted by molar-refractivity contribution is -0.137. The molecule has 0 aliphatic heterocycles. The number of aliphatic carboxylic acids is 1. The van der Waals surface area contributed by atoms with Crippen molar-refractivity contribution in [1.29, 1.82) is 0 Å². The summed E-state index contributed by atoms with van der Waals surface area (Å²) in [6, 6.07) is -0.183. The Hall–Kier alpha value is -1.63. The minimum Gasteiger partial charge on any atom is -0.481 e. The molecule has 0 atom stereocenters. The number of urea groups is 1. The second-order valence-electron chi connectivity index (χ2n) is 4.26. The number of aromatic nitrogens is 1. The average molecular weight is 285 g/mol. The molecule has 1 aromatic heterocycles. The van der Waals surface area contributed by atoms with Gasteiger partial charge < -0.3 is 15.3 Å². The quantitative estimate of drug-likeness (QED) is 0.795. The zero-order chi connectivity index (χ0) is 14.3. The molecule has 0 bridgehead atoms. The van der Waals surface area contributed by atoms with Gasteiger partial charge in [-0.2, -0.15) is 0 Å². The smallest absolute Gasteiger partial charge is 0.317 e. The molecule has 0 aliphatic rings. The van der Waals surface area contributed by atoms with Crippen molar-refractivity contribution in [2.24, 2.45) is 0 Å². The van der Waals surface area contributed by atoms with Crippen LogP contribution in [0.2, 0.25) is 0 Å². The first kappa shape index (κ1) is 15.4. The Morgan fingerprint density at radius 1 is 1.53 bits per heavy atom. The fourth-order valence-electron chi connectivity index (χ4n) is 1.52. The number of hydrogen-bond donors (Lipinski definition) is 2. The van der Waals surface area contributed by atoms with Crippen LogP contribution in [0.25, 0.3) is 0 Å². The van der Waals surface area contributed by atoms with E-state index in [1.165, 1.54) is 4.90 Å². The van der Waals surface area contributed by atoms with E-state index in [0.717, 1.165) is 10.7 Å². The minimum atomic E-state index is -0.840. The van der Waals surface area contributed by atoms with E-state index in [1.54, 1.807) is 18.4 Å². The summed E-state index contributed by atoms with van der Waals surface area (Å²) in [5, 5.41) is 14.3. The third kappa shape index (κ3) is 6.19. The number of nitrogens with zero attached hydrogens (tertiary/aromatic N) is 2. The van der Waals surface area contributed by atoms with Gasteiger partial charge in [0.25, 0.3) is 0 Å². The molecular formula is C12H19N3O3S. The maximum atomic E-state index is 11.7. The highest BCUT2D eigenvalue weighted by Gasteiger charge is 2.08. The zero-order valence-electron chi connectivity index (χ0n) is 11.2. The van der Waals surface area contributed by atoms with Crippen LogP contribution in [0, 0.1) is 6.92 Å². The number of carboxylic acids is 1. The van der Waals surface area contributed by atoms with Crippen LogP contribution in [0.1, 0.15) is 23.5 Å². The van der Waals surface area contributed by atoms with Crippen LogP contribution >= 0.6 is 11.3 Å². The molecule has 1 aromatic rings. The lowest BCUT2D eigenvalue weighted by Gasteiger charge is -2.17. The fraction of sp³-hybridized carbons (Fsp3) is 0.583. The number of amides is 2. The second kappa shape index (κ2) is 7.73. The third-order valence-corrected chi connectivity index (χ3v) is 3.38. The molecule has 1 rings (SSSR count). The summed E-state index contributed by atoms with van der Waals surface area (Å²) < 4.78 is 0. The molecule has 0 radical (unpaired) electrons. The molecule has 106 valence electrons. The number of thiazole rings is 1. The van der Waals surface area contributed by atoms with E-state index in [-0.39, 0.29) is 12.5 Å². The Bertz CT molecular complexity index is 434. The highest BCUT2D eigenvalue weighted by atomic mass is 32.1. The SMILES string of the molecule is Cc1nc(CCNC(=O)N(C)CCCC(=O)O)cs1. The second-order valence-corrected chi connectivity index (χ2v) is 5.32. The van der Waals surface area contributed by atoms with Gasteiger partial charge in [-0.1, -0.05) is 0 Å². The van der Waals surface area contributed by atoms with Crippen LogP contribution in [-0.2, 0) is 11.2 Å². The number of nitrogens with one attached hydrogen (secondary N) is 1. The van der Waals surface area contributed by atoms with Crippen LogP contribution in [0.5, 0.6) is 0 Å². The predicted octanol–water partition coefficient (Wildman–Crippen LogP) is 1.50. The van der Waals surface area contributed by atoms with Gasteiger partial charge in [-0.05, 0) is 13.3 Å². The van der Waals surface area contributed by atoms with Crippen molar-refractivity contribution < 1.29 is 14.7 Å². The normalized spacial score (nSPS) is 10.2. The monoisotopic (exact) mass is 285 g/mol. The van der Waals surface area contributed by atoms with Crippen molar-refractivity contribution in [3.05, 3.63) is 16.1 Å². The Balaban J connectivity index is 2.17. The van der Waals surface area contributed by atoms with Crippen molar-refractivity contribution in [3.63, 3.8) is 0 Å². The molecule has 0 saturated heterocycles. The van der Waals surface area contributed by atoms with Crippen LogP contribution in [0.15, 0.2) is 5.38 Å². The molecule has 0 unspecified atom stereocenters. The van der Waals surface area contributed by atoms with Gasteiger partial charge in [0.05, 0.1) is 10.7 Å². The summed E-state index contributed by atoms with van der Waals surface area (Å²) in [6.07, 6.45) is 1.25. The van der Waals surface area contributed by atoms with Gasteiger partial charge in [0, 0.05) is 38.4 Å². The molecule has 6 nitrogen and oxygen atoms in total. The summed E-state index contributed by atoms with van der Waals surface area (Å²) in [7, 11) is 1.66. The molecule has 1 heterocycles. The van der Waals surface area contributed by atoms with Gasteiger partial charge in [-0.25, -0.2) is 9.78 Å². The predicted molar refractivity (Wildman–Crippen MR) is 73.5 cm³/mol.